The summed E-state index contributed by atoms with van der Waals surface area (Å²) in [6.07, 6.45) is 4.27. The minimum absolute atomic E-state index is 0.178. The average Bonchev–Trinajstić information content (AvgIpc) is 2.82. The van der Waals surface area contributed by atoms with Crippen molar-refractivity contribution in [3.8, 4) is 0 Å². The Hall–Kier alpha value is -1.13. The fourth-order valence-corrected chi connectivity index (χ4v) is 2.15. The lowest BCUT2D eigenvalue weighted by atomic mass is 10.1. The van der Waals surface area contributed by atoms with Gasteiger partial charge in [0.15, 0.2) is 0 Å². The molecule has 1 unspecified atom stereocenters. The largest absolute Gasteiger partial charge is 0.382 e. The molecule has 2 heterocycles. The summed E-state index contributed by atoms with van der Waals surface area (Å²) < 4.78 is 10.9. The molecule has 94 valence electrons. The maximum Gasteiger partial charge on any atom is 0.126 e. The molecule has 1 N–H and O–H groups in total. The van der Waals surface area contributed by atoms with Crippen LogP contribution < -0.4 is 5.32 Å². The van der Waals surface area contributed by atoms with Crippen LogP contribution in [-0.2, 0) is 9.47 Å². The van der Waals surface area contributed by atoms with E-state index in [4.69, 9.17) is 9.47 Å². The van der Waals surface area contributed by atoms with Crippen LogP contribution in [-0.4, -0.2) is 37.5 Å². The molecule has 0 aliphatic carbocycles. The third kappa shape index (κ3) is 3.41. The summed E-state index contributed by atoms with van der Waals surface area (Å²) in [5.41, 5.74) is 1.20. The Morgan fingerprint density at radius 3 is 3.18 bits per heavy atom. The highest BCUT2D eigenvalue weighted by molar-refractivity contribution is 5.38. The Kier molecular flexibility index (Phi) is 4.34. The maximum atomic E-state index is 5.70. The van der Waals surface area contributed by atoms with E-state index in [0.29, 0.717) is 6.61 Å². The minimum Gasteiger partial charge on any atom is -0.382 e. The van der Waals surface area contributed by atoms with E-state index in [2.05, 4.69) is 17.2 Å². The van der Waals surface area contributed by atoms with Gasteiger partial charge in [-0.1, -0.05) is 0 Å². The number of ether oxygens (including phenoxy) is 2. The van der Waals surface area contributed by atoms with Crippen molar-refractivity contribution >= 4 is 5.82 Å². The van der Waals surface area contributed by atoms with E-state index in [1.54, 1.807) is 7.11 Å². The molecule has 0 radical (unpaired) electrons. The van der Waals surface area contributed by atoms with Gasteiger partial charge in [-0.2, -0.15) is 0 Å². The lowest BCUT2D eigenvalue weighted by Gasteiger charge is -2.24. The van der Waals surface area contributed by atoms with Crippen molar-refractivity contribution < 1.29 is 9.47 Å². The summed E-state index contributed by atoms with van der Waals surface area (Å²) in [5, 5.41) is 3.40. The summed E-state index contributed by atoms with van der Waals surface area (Å²) in [6, 6.07) is 4.21. The van der Waals surface area contributed by atoms with E-state index in [1.807, 2.05) is 18.3 Å². The van der Waals surface area contributed by atoms with Gasteiger partial charge in [0.2, 0.25) is 0 Å². The average molecular weight is 236 g/mol. The molecule has 1 fully saturated rings. The van der Waals surface area contributed by atoms with Gasteiger partial charge in [0.1, 0.15) is 5.82 Å². The van der Waals surface area contributed by atoms with Gasteiger partial charge in [0, 0.05) is 19.9 Å². The van der Waals surface area contributed by atoms with E-state index in [9.17, 15) is 0 Å². The van der Waals surface area contributed by atoms with Crippen LogP contribution in [0.1, 0.15) is 18.4 Å². The molecule has 2 rings (SSSR count). The van der Waals surface area contributed by atoms with Crippen molar-refractivity contribution in [1.29, 1.82) is 0 Å². The van der Waals surface area contributed by atoms with Crippen LogP contribution in [0.25, 0.3) is 0 Å². The molecule has 1 saturated heterocycles. The van der Waals surface area contributed by atoms with Crippen LogP contribution in [0.15, 0.2) is 18.3 Å². The molecule has 0 bridgehead atoms. The van der Waals surface area contributed by atoms with E-state index < -0.39 is 0 Å². The van der Waals surface area contributed by atoms with Gasteiger partial charge in [-0.3, -0.25) is 0 Å². The number of anilines is 1. The van der Waals surface area contributed by atoms with E-state index >= 15 is 0 Å². The number of nitrogens with one attached hydrogen (secondary N) is 1. The fraction of sp³-hybridized carbons (Fsp3) is 0.615. The molecule has 0 aromatic carbocycles. The van der Waals surface area contributed by atoms with Gasteiger partial charge < -0.3 is 14.8 Å². The number of hydrogen-bond acceptors (Lipinski definition) is 4. The molecule has 1 aromatic heterocycles. The zero-order valence-corrected chi connectivity index (χ0v) is 10.5. The molecule has 2 atom stereocenters. The zero-order valence-electron chi connectivity index (χ0n) is 10.5. The fourth-order valence-electron chi connectivity index (χ4n) is 2.15. The number of rotatable bonds is 5. The van der Waals surface area contributed by atoms with Gasteiger partial charge in [0.25, 0.3) is 0 Å². The second kappa shape index (κ2) is 5.98. The lowest BCUT2D eigenvalue weighted by molar-refractivity contribution is 0.0637. The number of pyridine rings is 1. The molecule has 4 heteroatoms. The standard InChI is InChI=1S/C13H20N2O2/c1-10-5-6-14-13(8-10)15-11(9-16-2)12-4-3-7-17-12/h5-6,8,11-12H,3-4,7,9H2,1-2H3,(H,14,15)/t11?,12-/m0/s1. The zero-order chi connectivity index (χ0) is 12.1. The predicted molar refractivity (Wildman–Crippen MR) is 67.2 cm³/mol. The first-order chi connectivity index (χ1) is 8.29. The molecular weight excluding hydrogens is 216 g/mol. The molecule has 0 amide bonds. The minimum atomic E-state index is 0.178. The molecule has 0 spiro atoms. The van der Waals surface area contributed by atoms with Crippen molar-refractivity contribution in [3.05, 3.63) is 23.9 Å². The van der Waals surface area contributed by atoms with Crippen molar-refractivity contribution in [2.75, 3.05) is 25.6 Å². The number of nitrogens with zero attached hydrogens (tertiary/aromatic N) is 1. The van der Waals surface area contributed by atoms with Crippen LogP contribution in [0.5, 0.6) is 0 Å². The second-order valence-corrected chi connectivity index (χ2v) is 4.48. The Morgan fingerprint density at radius 1 is 1.65 bits per heavy atom. The topological polar surface area (TPSA) is 43.4 Å². The normalized spacial score (nSPS) is 21.4. The number of hydrogen-bond donors (Lipinski definition) is 1. The highest BCUT2D eigenvalue weighted by Crippen LogP contribution is 2.19. The van der Waals surface area contributed by atoms with Crippen LogP contribution in [0.2, 0.25) is 0 Å². The third-order valence-electron chi connectivity index (χ3n) is 3.01. The molecule has 1 aliphatic rings. The van der Waals surface area contributed by atoms with Gasteiger partial charge in [-0.05, 0) is 37.5 Å². The first-order valence-corrected chi connectivity index (χ1v) is 6.09. The SMILES string of the molecule is COCC(Nc1cc(C)ccn1)[C@@H]1CCCO1. The van der Waals surface area contributed by atoms with Gasteiger partial charge in [-0.15, -0.1) is 0 Å². The summed E-state index contributed by atoms with van der Waals surface area (Å²) in [6.45, 7) is 3.55. The number of aryl methyl sites for hydroxylation is 1. The summed E-state index contributed by atoms with van der Waals surface area (Å²) in [4.78, 5) is 4.31. The lowest BCUT2D eigenvalue weighted by Crippen LogP contribution is -2.37. The third-order valence-corrected chi connectivity index (χ3v) is 3.01. The quantitative estimate of drug-likeness (QED) is 0.849. The summed E-state index contributed by atoms with van der Waals surface area (Å²) in [5.74, 6) is 0.891. The van der Waals surface area contributed by atoms with E-state index in [-0.39, 0.29) is 12.1 Å². The molecule has 17 heavy (non-hydrogen) atoms. The molecule has 1 aliphatic heterocycles. The summed E-state index contributed by atoms with van der Waals surface area (Å²) in [7, 11) is 1.72. The number of aromatic nitrogens is 1. The Labute approximate surface area is 102 Å². The van der Waals surface area contributed by atoms with Crippen molar-refractivity contribution in [2.24, 2.45) is 0 Å². The number of methoxy groups -OCH3 is 1. The summed E-state index contributed by atoms with van der Waals surface area (Å²) >= 11 is 0. The first-order valence-electron chi connectivity index (χ1n) is 6.09. The first kappa shape index (κ1) is 12.3. The molecular formula is C13H20N2O2. The Bertz CT molecular complexity index is 351. The molecule has 1 aromatic rings. The van der Waals surface area contributed by atoms with Crippen LogP contribution in [0.4, 0.5) is 5.82 Å². The predicted octanol–water partition coefficient (Wildman–Crippen LogP) is 2.00. The van der Waals surface area contributed by atoms with Crippen LogP contribution in [0, 0.1) is 6.92 Å². The van der Waals surface area contributed by atoms with Gasteiger partial charge in [-0.25, -0.2) is 4.98 Å². The van der Waals surface area contributed by atoms with Gasteiger partial charge >= 0.3 is 0 Å². The molecule has 4 nitrogen and oxygen atoms in total. The maximum absolute atomic E-state index is 5.70. The highest BCUT2D eigenvalue weighted by atomic mass is 16.5. The van der Waals surface area contributed by atoms with Gasteiger partial charge in [0.05, 0.1) is 18.8 Å². The van der Waals surface area contributed by atoms with Crippen molar-refractivity contribution in [2.45, 2.75) is 31.9 Å². The van der Waals surface area contributed by atoms with Crippen LogP contribution in [0.3, 0.4) is 0 Å². The Balaban J connectivity index is 2.01. The second-order valence-electron chi connectivity index (χ2n) is 4.48. The van der Waals surface area contributed by atoms with Crippen LogP contribution >= 0.6 is 0 Å². The van der Waals surface area contributed by atoms with E-state index in [1.165, 1.54) is 5.56 Å². The highest BCUT2D eigenvalue weighted by Gasteiger charge is 2.26. The Morgan fingerprint density at radius 2 is 2.53 bits per heavy atom. The van der Waals surface area contributed by atoms with Crippen molar-refractivity contribution in [1.82, 2.24) is 4.98 Å². The monoisotopic (exact) mass is 236 g/mol. The van der Waals surface area contributed by atoms with E-state index in [0.717, 1.165) is 25.3 Å². The smallest absolute Gasteiger partial charge is 0.126 e. The van der Waals surface area contributed by atoms with Crippen molar-refractivity contribution in [3.63, 3.8) is 0 Å². The molecule has 0 saturated carbocycles.